The Morgan fingerprint density at radius 1 is 0.969 bits per heavy atom. The summed E-state index contributed by atoms with van der Waals surface area (Å²) >= 11 is 0. The number of ether oxygens (including phenoxy) is 4. The van der Waals surface area contributed by atoms with E-state index in [4.69, 9.17) is 36.5 Å². The molecule has 2 saturated heterocycles. The largest absolute Gasteiger partial charge is 0.726 e. The molecule has 18 heteroatoms. The van der Waals surface area contributed by atoms with Crippen LogP contribution >= 0.6 is 0 Å². The molecule has 3 aromatic rings. The summed E-state index contributed by atoms with van der Waals surface area (Å²) in [6.45, 7) is 8.62. The number of nitrogens with one attached hydrogen (secondary N) is 1. The molecule has 1 spiro atoms. The Balaban J connectivity index is 0.00000106. The highest BCUT2D eigenvalue weighted by Gasteiger charge is 2.80. The van der Waals surface area contributed by atoms with E-state index in [1.807, 2.05) is 50.1 Å². The fraction of sp³-hybridized carbons (Fsp3) is 0.587. The van der Waals surface area contributed by atoms with E-state index in [9.17, 15) is 19.8 Å². The Hall–Kier alpha value is -4.56. The average Bonchev–Trinajstić information content (AvgIpc) is 3.92. The number of likely N-dealkylation sites (N-methyl/N-ethyl adjacent to an activating group) is 1. The minimum absolute atomic E-state index is 0.0986. The Labute approximate surface area is 373 Å². The molecule has 6 heterocycles. The van der Waals surface area contributed by atoms with Crippen LogP contribution in [0.5, 0.6) is 5.75 Å². The summed E-state index contributed by atoms with van der Waals surface area (Å²) in [6, 6.07) is 11.0. The number of aliphatic hydroxyl groups is 2. The summed E-state index contributed by atoms with van der Waals surface area (Å²) in [5, 5.41) is 26.3. The van der Waals surface area contributed by atoms with Crippen LogP contribution in [-0.2, 0) is 56.2 Å². The van der Waals surface area contributed by atoms with Crippen LogP contribution in [0.1, 0.15) is 75.3 Å². The number of carbonyl (C=O) groups excluding carboxylic acids is 3. The quantitative estimate of drug-likeness (QED) is 0.0878. The number of fused-ring (bicyclic) bond motifs is 6. The van der Waals surface area contributed by atoms with Crippen molar-refractivity contribution in [2.75, 3.05) is 66.0 Å². The Bertz CT molecular complexity index is 2500. The lowest BCUT2D eigenvalue weighted by molar-refractivity contribution is -0.228. The molecule has 10 atom stereocenters. The lowest BCUT2D eigenvalue weighted by Gasteiger charge is -2.63. The van der Waals surface area contributed by atoms with Crippen LogP contribution in [0.25, 0.3) is 10.9 Å². The standard InChI is InChI=1S/C46H58N4O9.H2O4S/c1-8-42(54)23-28-24-45(40(52)57-6,36-30(15-19-49(25-28)26-42)29-13-10-11-14-33(29)47-36)32-21-31-34(22-35(32)56-5)48(4)38-44(31)17-20-50-18-12-16-43(9-2,37(44)50)39(59-27(3)51)46(38,55)41(53)58-7;1-5(2,3)4/h10-14,16,21-22,28,37-39,47,54-55H,8-9,15,17-20,23-26H2,1-7H3;(H2,1,2,3,4)/p-1/t28-,37-,38+,39+,42-,43+,44+,45-,46-;/m0./s1. The third kappa shape index (κ3) is 6.69. The van der Waals surface area contributed by atoms with E-state index >= 15 is 4.79 Å². The molecule has 4 N–H and O–H groups in total. The minimum atomic E-state index is -4.92. The van der Waals surface area contributed by atoms with Crippen LogP contribution < -0.4 is 9.64 Å². The van der Waals surface area contributed by atoms with Crippen LogP contribution in [0, 0.1) is 11.3 Å². The van der Waals surface area contributed by atoms with Crippen LogP contribution in [0.15, 0.2) is 48.6 Å². The second kappa shape index (κ2) is 16.1. The zero-order valence-corrected chi connectivity index (χ0v) is 38.2. The second-order valence-corrected chi connectivity index (χ2v) is 19.5. The van der Waals surface area contributed by atoms with Gasteiger partial charge in [0.15, 0.2) is 6.10 Å². The van der Waals surface area contributed by atoms with Crippen molar-refractivity contribution in [3.05, 3.63) is 70.9 Å². The normalized spacial score (nSPS) is 35.0. The van der Waals surface area contributed by atoms with Gasteiger partial charge in [-0.1, -0.05) is 44.2 Å². The number of aromatic nitrogens is 1. The van der Waals surface area contributed by atoms with Crippen molar-refractivity contribution in [2.45, 2.75) is 99.5 Å². The monoisotopic (exact) mass is 907 g/mol. The van der Waals surface area contributed by atoms with Gasteiger partial charge in [0.25, 0.3) is 0 Å². The van der Waals surface area contributed by atoms with Crippen LogP contribution in [0.4, 0.5) is 5.69 Å². The molecular weight excluding hydrogens is 849 g/mol. The van der Waals surface area contributed by atoms with E-state index in [0.717, 1.165) is 33.4 Å². The molecule has 2 bridgehead atoms. The summed E-state index contributed by atoms with van der Waals surface area (Å²) in [4.78, 5) is 53.2. The van der Waals surface area contributed by atoms with Gasteiger partial charge in [-0.25, -0.2) is 13.2 Å². The smallest absolute Gasteiger partial charge is 0.344 e. The number of benzene rings is 2. The summed E-state index contributed by atoms with van der Waals surface area (Å²) in [5.41, 5.74) is -1.62. The predicted octanol–water partition coefficient (Wildman–Crippen LogP) is 3.00. The molecule has 17 nitrogen and oxygen atoms in total. The van der Waals surface area contributed by atoms with E-state index in [1.54, 1.807) is 7.11 Å². The van der Waals surface area contributed by atoms with Gasteiger partial charge in [-0.3, -0.25) is 23.9 Å². The van der Waals surface area contributed by atoms with E-state index in [0.29, 0.717) is 82.6 Å². The van der Waals surface area contributed by atoms with Crippen molar-refractivity contribution in [3.8, 4) is 5.75 Å². The Kier molecular flexibility index (Phi) is 11.6. The molecule has 9 rings (SSSR count). The summed E-state index contributed by atoms with van der Waals surface area (Å²) in [6.07, 6.45) is 5.94. The number of para-hydroxylation sites is 1. The van der Waals surface area contributed by atoms with Crippen molar-refractivity contribution < 1.29 is 61.1 Å². The van der Waals surface area contributed by atoms with E-state index in [2.05, 4.69) is 39.1 Å². The van der Waals surface area contributed by atoms with Crippen molar-refractivity contribution in [3.63, 3.8) is 0 Å². The van der Waals surface area contributed by atoms with E-state index in [1.165, 1.54) is 21.1 Å². The first-order valence-electron chi connectivity index (χ1n) is 21.9. The molecule has 1 saturated carbocycles. The zero-order chi connectivity index (χ0) is 46.4. The zero-order valence-electron chi connectivity index (χ0n) is 37.4. The van der Waals surface area contributed by atoms with Gasteiger partial charge < -0.3 is 43.6 Å². The summed E-state index contributed by atoms with van der Waals surface area (Å²) in [5.74, 6) is -1.56. The van der Waals surface area contributed by atoms with Crippen LogP contribution in [0.2, 0.25) is 0 Å². The first kappa shape index (κ1) is 46.0. The van der Waals surface area contributed by atoms with Gasteiger partial charge in [0, 0.05) is 90.9 Å². The maximum absolute atomic E-state index is 15.3. The molecule has 2 aromatic carbocycles. The number of piperidine rings is 1. The van der Waals surface area contributed by atoms with Gasteiger partial charge in [-0.05, 0) is 74.2 Å². The number of anilines is 1. The van der Waals surface area contributed by atoms with Crippen molar-refractivity contribution in [1.82, 2.24) is 14.8 Å². The Morgan fingerprint density at radius 3 is 2.31 bits per heavy atom. The van der Waals surface area contributed by atoms with Gasteiger partial charge in [0.1, 0.15) is 11.2 Å². The molecule has 3 fully saturated rings. The van der Waals surface area contributed by atoms with Crippen molar-refractivity contribution >= 4 is 44.9 Å². The number of H-pyrrole nitrogens is 1. The maximum Gasteiger partial charge on any atom is 0.344 e. The molecule has 348 valence electrons. The third-order valence-corrected chi connectivity index (χ3v) is 15.6. The lowest BCUT2D eigenvalue weighted by Crippen LogP contribution is -2.81. The van der Waals surface area contributed by atoms with Gasteiger partial charge in [-0.15, -0.1) is 0 Å². The molecule has 64 heavy (non-hydrogen) atoms. The lowest BCUT2D eigenvalue weighted by atomic mass is 9.47. The van der Waals surface area contributed by atoms with E-state index in [-0.39, 0.29) is 12.0 Å². The summed E-state index contributed by atoms with van der Waals surface area (Å²) < 4.78 is 56.8. The maximum atomic E-state index is 15.3. The topological polar surface area (TPSA) is 232 Å². The number of nitrogens with zero attached hydrogens (tertiary/aromatic N) is 3. The first-order chi connectivity index (χ1) is 30.2. The number of hydrogen-bond donors (Lipinski definition) is 4. The third-order valence-electron chi connectivity index (χ3n) is 15.6. The molecule has 1 aliphatic carbocycles. The number of aromatic amines is 1. The molecule has 5 aliphatic heterocycles. The predicted molar refractivity (Wildman–Crippen MR) is 233 cm³/mol. The first-order valence-corrected chi connectivity index (χ1v) is 23.3. The van der Waals surface area contributed by atoms with E-state index < -0.39 is 67.9 Å². The minimum Gasteiger partial charge on any atom is -0.726 e. The highest BCUT2D eigenvalue weighted by molar-refractivity contribution is 7.79. The molecular formula is C46H59N4O13S-. The second-order valence-electron chi connectivity index (χ2n) is 18.6. The average molecular weight is 908 g/mol. The van der Waals surface area contributed by atoms with Crippen molar-refractivity contribution in [1.29, 1.82) is 0 Å². The van der Waals surface area contributed by atoms with Crippen molar-refractivity contribution in [2.24, 2.45) is 11.3 Å². The number of methoxy groups -OCH3 is 3. The number of esters is 3. The highest BCUT2D eigenvalue weighted by Crippen LogP contribution is 2.68. The SMILES string of the molecule is CC[C@]1(O)C[C@@H]2CN(CCc3c([nH]c4ccccc34)[C@@](C(=O)OC)(c3cc4c(cc3OC)N(C)[C@H]3[C@@](O)(C(=O)OC)[C@H](OC(C)=O)[C@]5(CC)C=CCN6CC[C@]43[C@@H]65)C2)C1.O=S(=O)([O-])O. The molecule has 6 aliphatic rings. The fourth-order valence-electron chi connectivity index (χ4n) is 13.5. The fourth-order valence-corrected chi connectivity index (χ4v) is 13.5. The molecule has 0 amide bonds. The van der Waals surface area contributed by atoms with Crippen LogP contribution in [0.3, 0.4) is 0 Å². The van der Waals surface area contributed by atoms with Crippen LogP contribution in [-0.4, -0.2) is 151 Å². The molecule has 1 unspecified atom stereocenters. The molecule has 0 radical (unpaired) electrons. The Morgan fingerprint density at radius 2 is 1.67 bits per heavy atom. The summed E-state index contributed by atoms with van der Waals surface area (Å²) in [7, 11) is 1.24. The highest BCUT2D eigenvalue weighted by atomic mass is 32.3. The van der Waals surface area contributed by atoms with Gasteiger partial charge >= 0.3 is 17.9 Å². The number of carbonyl (C=O) groups is 3. The number of rotatable bonds is 7. The molecule has 1 aromatic heterocycles. The number of hydrogen-bond acceptors (Lipinski definition) is 15. The van der Waals surface area contributed by atoms with Gasteiger partial charge in [0.05, 0.1) is 33.0 Å². The van der Waals surface area contributed by atoms with Gasteiger partial charge in [-0.2, -0.15) is 0 Å². The van der Waals surface area contributed by atoms with Gasteiger partial charge in [0.2, 0.25) is 16.0 Å².